The highest BCUT2D eigenvalue weighted by Gasteiger charge is 2.19. The van der Waals surface area contributed by atoms with Gasteiger partial charge in [0.1, 0.15) is 0 Å². The van der Waals surface area contributed by atoms with Crippen molar-refractivity contribution in [1.29, 1.82) is 0 Å². The summed E-state index contributed by atoms with van der Waals surface area (Å²) in [6.07, 6.45) is 0.0569. The van der Waals surface area contributed by atoms with Gasteiger partial charge in [0.15, 0.2) is 11.5 Å². The van der Waals surface area contributed by atoms with E-state index in [4.69, 9.17) is 15.2 Å². The molecule has 0 unspecified atom stereocenters. The first kappa shape index (κ1) is 15.7. The molecule has 0 radical (unpaired) electrons. The van der Waals surface area contributed by atoms with E-state index in [1.165, 1.54) is 0 Å². The van der Waals surface area contributed by atoms with Crippen molar-refractivity contribution in [1.82, 2.24) is 5.32 Å². The molecule has 1 aliphatic heterocycles. The number of nitrogens with two attached hydrogens (primary N) is 1. The predicted molar refractivity (Wildman–Crippen MR) is 87.7 cm³/mol. The number of anilines is 1. The predicted octanol–water partition coefficient (Wildman–Crippen LogP) is 2.15. The summed E-state index contributed by atoms with van der Waals surface area (Å²) in [7, 11) is 0. The number of hydrogen-bond donors (Lipinski definition) is 3. The highest BCUT2D eigenvalue weighted by molar-refractivity contribution is 5.92. The minimum atomic E-state index is -0.681. The molecule has 7 nitrogen and oxygen atoms in total. The van der Waals surface area contributed by atoms with Crippen LogP contribution in [0, 0.1) is 0 Å². The Morgan fingerprint density at radius 3 is 2.58 bits per heavy atom. The van der Waals surface area contributed by atoms with E-state index in [2.05, 4.69) is 10.6 Å². The summed E-state index contributed by atoms with van der Waals surface area (Å²) in [5.41, 5.74) is 6.60. The van der Waals surface area contributed by atoms with E-state index in [9.17, 15) is 9.59 Å². The quantitative estimate of drug-likeness (QED) is 0.783. The van der Waals surface area contributed by atoms with Gasteiger partial charge < -0.3 is 25.8 Å². The smallest absolute Gasteiger partial charge is 0.312 e. The summed E-state index contributed by atoms with van der Waals surface area (Å²) in [5, 5.41) is 5.37. The highest BCUT2D eigenvalue weighted by atomic mass is 16.7. The largest absolute Gasteiger partial charge is 0.454 e. The van der Waals surface area contributed by atoms with Crippen molar-refractivity contribution in [2.45, 2.75) is 12.5 Å². The lowest BCUT2D eigenvalue weighted by Crippen LogP contribution is -2.35. The molecular formula is C17H17N3O4. The molecule has 24 heavy (non-hydrogen) atoms. The highest BCUT2D eigenvalue weighted by Crippen LogP contribution is 2.34. The van der Waals surface area contributed by atoms with Gasteiger partial charge in [-0.25, -0.2) is 4.79 Å². The standard InChI is InChI=1S/C17H17N3O4/c18-17(22)20-13(11-4-2-1-3-5-11)9-16(21)19-12-6-7-14-15(8-12)24-10-23-14/h1-8,13H,9-10H2,(H,19,21)(H3,18,20,22)/t13-/m0/s1. The van der Waals surface area contributed by atoms with Gasteiger partial charge in [0.2, 0.25) is 12.7 Å². The van der Waals surface area contributed by atoms with Crippen LogP contribution in [0.15, 0.2) is 48.5 Å². The van der Waals surface area contributed by atoms with Crippen LogP contribution in [0.2, 0.25) is 0 Å². The first-order valence-corrected chi connectivity index (χ1v) is 7.42. The van der Waals surface area contributed by atoms with Crippen LogP contribution in [0.1, 0.15) is 18.0 Å². The van der Waals surface area contributed by atoms with E-state index >= 15 is 0 Å². The van der Waals surface area contributed by atoms with Gasteiger partial charge >= 0.3 is 6.03 Å². The fourth-order valence-electron chi connectivity index (χ4n) is 2.48. The second-order valence-corrected chi connectivity index (χ2v) is 5.29. The average molecular weight is 327 g/mol. The number of amides is 3. The Balaban J connectivity index is 1.68. The Morgan fingerprint density at radius 1 is 1.08 bits per heavy atom. The summed E-state index contributed by atoms with van der Waals surface area (Å²) in [6.45, 7) is 0.172. The third-order valence-electron chi connectivity index (χ3n) is 3.56. The van der Waals surface area contributed by atoms with Gasteiger partial charge in [0.25, 0.3) is 0 Å². The molecule has 0 saturated carbocycles. The normalized spacial score (nSPS) is 13.2. The van der Waals surface area contributed by atoms with E-state index in [1.807, 2.05) is 30.3 Å². The summed E-state index contributed by atoms with van der Waals surface area (Å²) in [4.78, 5) is 23.5. The fourth-order valence-corrected chi connectivity index (χ4v) is 2.48. The van der Waals surface area contributed by atoms with E-state index in [0.29, 0.717) is 17.2 Å². The summed E-state index contributed by atoms with van der Waals surface area (Å²) in [6, 6.07) is 13.2. The number of carbonyl (C=O) groups is 2. The van der Waals surface area contributed by atoms with Crippen molar-refractivity contribution in [3.05, 3.63) is 54.1 Å². The molecule has 3 rings (SSSR count). The number of carbonyl (C=O) groups excluding carboxylic acids is 2. The van der Waals surface area contributed by atoms with Crippen LogP contribution in [0.25, 0.3) is 0 Å². The number of primary amides is 1. The Hall–Kier alpha value is -3.22. The van der Waals surface area contributed by atoms with Gasteiger partial charge in [-0.3, -0.25) is 4.79 Å². The van der Waals surface area contributed by atoms with Crippen LogP contribution in [-0.4, -0.2) is 18.7 Å². The zero-order chi connectivity index (χ0) is 16.9. The lowest BCUT2D eigenvalue weighted by molar-refractivity contribution is -0.116. The Morgan fingerprint density at radius 2 is 1.83 bits per heavy atom. The molecule has 1 aliphatic rings. The van der Waals surface area contributed by atoms with Gasteiger partial charge in [-0.2, -0.15) is 0 Å². The van der Waals surface area contributed by atoms with Crippen molar-refractivity contribution in [2.24, 2.45) is 5.73 Å². The van der Waals surface area contributed by atoms with Gasteiger partial charge in [0.05, 0.1) is 12.5 Å². The molecule has 0 saturated heterocycles. The van der Waals surface area contributed by atoms with Gasteiger partial charge in [-0.15, -0.1) is 0 Å². The number of fused-ring (bicyclic) bond motifs is 1. The maximum atomic E-state index is 12.3. The SMILES string of the molecule is NC(=O)N[C@@H](CC(=O)Nc1ccc2c(c1)OCO2)c1ccccc1. The molecule has 2 aromatic rings. The van der Waals surface area contributed by atoms with Crippen LogP contribution >= 0.6 is 0 Å². The van der Waals surface area contributed by atoms with Gasteiger partial charge in [-0.1, -0.05) is 30.3 Å². The van der Waals surface area contributed by atoms with Crippen LogP contribution in [0.3, 0.4) is 0 Å². The summed E-state index contributed by atoms with van der Waals surface area (Å²) in [5.74, 6) is 0.977. The van der Waals surface area contributed by atoms with E-state index < -0.39 is 12.1 Å². The van der Waals surface area contributed by atoms with Crippen molar-refractivity contribution in [3.8, 4) is 11.5 Å². The molecule has 0 aliphatic carbocycles. The molecule has 1 heterocycles. The molecule has 2 aromatic carbocycles. The van der Waals surface area contributed by atoms with E-state index in [0.717, 1.165) is 5.56 Å². The third-order valence-corrected chi connectivity index (χ3v) is 3.56. The molecule has 1 atom stereocenters. The first-order chi connectivity index (χ1) is 11.6. The number of benzene rings is 2. The molecule has 124 valence electrons. The van der Waals surface area contributed by atoms with Gasteiger partial charge in [0, 0.05) is 11.8 Å². The van der Waals surface area contributed by atoms with Crippen molar-refractivity contribution >= 4 is 17.6 Å². The van der Waals surface area contributed by atoms with Crippen LogP contribution in [0.5, 0.6) is 11.5 Å². The topological polar surface area (TPSA) is 103 Å². The van der Waals surface area contributed by atoms with E-state index in [1.54, 1.807) is 18.2 Å². The summed E-state index contributed by atoms with van der Waals surface area (Å²) >= 11 is 0. The van der Waals surface area contributed by atoms with Crippen molar-refractivity contribution in [2.75, 3.05) is 12.1 Å². The molecule has 0 bridgehead atoms. The van der Waals surface area contributed by atoms with Crippen molar-refractivity contribution < 1.29 is 19.1 Å². The molecule has 4 N–H and O–H groups in total. The maximum absolute atomic E-state index is 12.3. The Kier molecular flexibility index (Phi) is 4.51. The fraction of sp³-hybridized carbons (Fsp3) is 0.176. The van der Waals surface area contributed by atoms with E-state index in [-0.39, 0.29) is 19.1 Å². The van der Waals surface area contributed by atoms with Crippen molar-refractivity contribution in [3.63, 3.8) is 0 Å². The minimum absolute atomic E-state index is 0.0569. The number of urea groups is 1. The number of nitrogens with one attached hydrogen (secondary N) is 2. The molecule has 0 aromatic heterocycles. The minimum Gasteiger partial charge on any atom is -0.454 e. The number of rotatable bonds is 5. The molecule has 7 heteroatoms. The molecular weight excluding hydrogens is 310 g/mol. The monoisotopic (exact) mass is 327 g/mol. The average Bonchev–Trinajstić information content (AvgIpc) is 3.02. The second-order valence-electron chi connectivity index (χ2n) is 5.29. The maximum Gasteiger partial charge on any atom is 0.312 e. The molecule has 0 fully saturated rings. The number of ether oxygens (including phenoxy) is 2. The molecule has 3 amide bonds. The Bertz CT molecular complexity index is 749. The van der Waals surface area contributed by atoms with Crippen LogP contribution in [-0.2, 0) is 4.79 Å². The number of hydrogen-bond acceptors (Lipinski definition) is 4. The van der Waals surface area contributed by atoms with Gasteiger partial charge in [-0.05, 0) is 17.7 Å². The zero-order valence-corrected chi connectivity index (χ0v) is 12.8. The van der Waals surface area contributed by atoms with Crippen LogP contribution in [0.4, 0.5) is 10.5 Å². The summed E-state index contributed by atoms with van der Waals surface area (Å²) < 4.78 is 10.5. The first-order valence-electron chi connectivity index (χ1n) is 7.42. The second kappa shape index (κ2) is 6.91. The van der Waals surface area contributed by atoms with Crippen LogP contribution < -0.4 is 25.8 Å². The molecule has 0 spiro atoms. The third kappa shape index (κ3) is 3.75. The lowest BCUT2D eigenvalue weighted by Gasteiger charge is -2.17. The lowest BCUT2D eigenvalue weighted by atomic mass is 10.0. The zero-order valence-electron chi connectivity index (χ0n) is 12.8. The Labute approximate surface area is 138 Å².